The zero-order chi connectivity index (χ0) is 11.4. The van der Waals surface area contributed by atoms with Gasteiger partial charge in [-0.05, 0) is 18.9 Å². The molecule has 0 bridgehead atoms. The summed E-state index contributed by atoms with van der Waals surface area (Å²) in [5, 5.41) is 3.03. The molecule has 6 heteroatoms. The van der Waals surface area contributed by atoms with E-state index in [1.807, 2.05) is 13.8 Å². The van der Waals surface area contributed by atoms with Gasteiger partial charge in [-0.15, -0.1) is 12.4 Å². The van der Waals surface area contributed by atoms with Crippen molar-refractivity contribution in [2.24, 2.45) is 11.7 Å². The highest BCUT2D eigenvalue weighted by atomic mass is 35.5. The number of amides is 2. The van der Waals surface area contributed by atoms with Crippen LogP contribution in [0.1, 0.15) is 20.3 Å². The van der Waals surface area contributed by atoms with Crippen molar-refractivity contribution in [3.05, 3.63) is 0 Å². The summed E-state index contributed by atoms with van der Waals surface area (Å²) >= 11 is 0. The Bertz CT molecular complexity index is 254. The Kier molecular flexibility index (Phi) is 6.36. The fourth-order valence-corrected chi connectivity index (χ4v) is 1.58. The second-order valence-electron chi connectivity index (χ2n) is 4.37. The first kappa shape index (κ1) is 15.2. The summed E-state index contributed by atoms with van der Waals surface area (Å²) in [5.41, 5.74) is 5.11. The van der Waals surface area contributed by atoms with Gasteiger partial charge in [0, 0.05) is 6.54 Å². The molecule has 3 N–H and O–H groups in total. The standard InChI is InChI=1S/C10H19N3O2.ClH/c1-7(2)5-13(6-9(11)14)10(15)8-3-4-12-8;/h7-8,12H,3-6H2,1-2H3,(H2,11,14);1H/t8-;/m1./s1. The summed E-state index contributed by atoms with van der Waals surface area (Å²) < 4.78 is 0. The third-order valence-electron chi connectivity index (χ3n) is 2.37. The lowest BCUT2D eigenvalue weighted by atomic mass is 10.1. The number of carbonyl (C=O) groups is 2. The number of nitrogens with zero attached hydrogens (tertiary/aromatic N) is 1. The SMILES string of the molecule is CC(C)CN(CC(N)=O)C(=O)[C@H]1CCN1.Cl. The highest BCUT2D eigenvalue weighted by Gasteiger charge is 2.29. The first-order valence-corrected chi connectivity index (χ1v) is 5.31. The summed E-state index contributed by atoms with van der Waals surface area (Å²) in [6.07, 6.45) is 0.853. The maximum Gasteiger partial charge on any atom is 0.240 e. The van der Waals surface area contributed by atoms with Crippen molar-refractivity contribution in [3.8, 4) is 0 Å². The summed E-state index contributed by atoms with van der Waals surface area (Å²) in [6.45, 7) is 5.50. The minimum Gasteiger partial charge on any atom is -0.368 e. The lowest BCUT2D eigenvalue weighted by Crippen LogP contribution is -2.56. The van der Waals surface area contributed by atoms with Gasteiger partial charge in [0.15, 0.2) is 0 Å². The van der Waals surface area contributed by atoms with Crippen LogP contribution in [0.2, 0.25) is 0 Å². The van der Waals surface area contributed by atoms with Crippen LogP contribution in [0.3, 0.4) is 0 Å². The minimum atomic E-state index is -0.455. The number of halogens is 1. The van der Waals surface area contributed by atoms with Crippen molar-refractivity contribution >= 4 is 24.2 Å². The van der Waals surface area contributed by atoms with E-state index in [9.17, 15) is 9.59 Å². The molecular weight excluding hydrogens is 230 g/mol. The monoisotopic (exact) mass is 249 g/mol. The lowest BCUT2D eigenvalue weighted by molar-refractivity contribution is -0.139. The fourth-order valence-electron chi connectivity index (χ4n) is 1.58. The second kappa shape index (κ2) is 6.70. The molecule has 0 aromatic rings. The van der Waals surface area contributed by atoms with E-state index in [1.54, 1.807) is 4.90 Å². The summed E-state index contributed by atoms with van der Waals surface area (Å²) in [6, 6.07) is -0.108. The Balaban J connectivity index is 0.00000225. The molecule has 1 heterocycles. The molecule has 1 aliphatic heterocycles. The van der Waals surface area contributed by atoms with Crippen LogP contribution in [-0.2, 0) is 9.59 Å². The van der Waals surface area contributed by atoms with E-state index in [0.717, 1.165) is 13.0 Å². The maximum absolute atomic E-state index is 11.9. The molecule has 2 amide bonds. The zero-order valence-corrected chi connectivity index (χ0v) is 10.5. The molecule has 1 fully saturated rings. The van der Waals surface area contributed by atoms with Gasteiger partial charge in [0.25, 0.3) is 0 Å². The predicted octanol–water partition coefficient (Wildman–Crippen LogP) is -0.260. The van der Waals surface area contributed by atoms with Crippen LogP contribution < -0.4 is 11.1 Å². The largest absolute Gasteiger partial charge is 0.368 e. The molecule has 1 rings (SSSR count). The highest BCUT2D eigenvalue weighted by Crippen LogP contribution is 2.08. The van der Waals surface area contributed by atoms with E-state index in [1.165, 1.54) is 0 Å². The van der Waals surface area contributed by atoms with Crippen molar-refractivity contribution in [3.63, 3.8) is 0 Å². The van der Waals surface area contributed by atoms with Crippen LogP contribution in [-0.4, -0.2) is 42.4 Å². The second-order valence-corrected chi connectivity index (χ2v) is 4.37. The Morgan fingerprint density at radius 3 is 2.38 bits per heavy atom. The normalized spacial score (nSPS) is 18.6. The third-order valence-corrected chi connectivity index (χ3v) is 2.37. The van der Waals surface area contributed by atoms with Crippen molar-refractivity contribution in [2.75, 3.05) is 19.6 Å². The van der Waals surface area contributed by atoms with Gasteiger partial charge in [-0.25, -0.2) is 0 Å². The van der Waals surface area contributed by atoms with Crippen LogP contribution in [0.4, 0.5) is 0 Å². The van der Waals surface area contributed by atoms with E-state index >= 15 is 0 Å². The van der Waals surface area contributed by atoms with E-state index in [2.05, 4.69) is 5.32 Å². The van der Waals surface area contributed by atoms with Crippen molar-refractivity contribution in [2.45, 2.75) is 26.3 Å². The van der Waals surface area contributed by atoms with Gasteiger partial charge >= 0.3 is 0 Å². The molecule has 94 valence electrons. The summed E-state index contributed by atoms with van der Waals surface area (Å²) in [7, 11) is 0. The molecule has 0 aromatic heterocycles. The van der Waals surface area contributed by atoms with Crippen LogP contribution in [0.15, 0.2) is 0 Å². The zero-order valence-electron chi connectivity index (χ0n) is 9.73. The van der Waals surface area contributed by atoms with Gasteiger partial charge in [0.1, 0.15) is 0 Å². The van der Waals surface area contributed by atoms with Gasteiger partial charge in [0.2, 0.25) is 11.8 Å². The van der Waals surface area contributed by atoms with Crippen molar-refractivity contribution in [1.29, 1.82) is 0 Å². The van der Waals surface area contributed by atoms with E-state index in [-0.39, 0.29) is 30.9 Å². The van der Waals surface area contributed by atoms with Gasteiger partial charge in [0.05, 0.1) is 12.6 Å². The number of hydrogen-bond acceptors (Lipinski definition) is 3. The average molecular weight is 250 g/mol. The summed E-state index contributed by atoms with van der Waals surface area (Å²) in [4.78, 5) is 24.2. The molecule has 16 heavy (non-hydrogen) atoms. The first-order chi connectivity index (χ1) is 7.00. The lowest BCUT2D eigenvalue weighted by Gasteiger charge is -2.33. The number of nitrogens with two attached hydrogens (primary N) is 1. The summed E-state index contributed by atoms with van der Waals surface area (Å²) in [5.74, 6) is -0.120. The molecule has 1 atom stereocenters. The molecule has 5 nitrogen and oxygen atoms in total. The average Bonchev–Trinajstić information content (AvgIpc) is 1.97. The molecule has 1 saturated heterocycles. The van der Waals surface area contributed by atoms with Gasteiger partial charge < -0.3 is 16.0 Å². The highest BCUT2D eigenvalue weighted by molar-refractivity contribution is 5.87. The van der Waals surface area contributed by atoms with Gasteiger partial charge in [-0.3, -0.25) is 9.59 Å². The molecule has 1 aliphatic rings. The van der Waals surface area contributed by atoms with Gasteiger partial charge in [-0.1, -0.05) is 13.8 Å². The minimum absolute atomic E-state index is 0. The van der Waals surface area contributed by atoms with Crippen LogP contribution in [0.25, 0.3) is 0 Å². The van der Waals surface area contributed by atoms with E-state index in [0.29, 0.717) is 12.5 Å². The number of nitrogens with one attached hydrogen (secondary N) is 1. The Labute approximate surface area is 102 Å². The van der Waals surface area contributed by atoms with E-state index < -0.39 is 5.91 Å². The third kappa shape index (κ3) is 4.37. The number of hydrogen-bond donors (Lipinski definition) is 2. The van der Waals surface area contributed by atoms with Crippen LogP contribution >= 0.6 is 12.4 Å². The van der Waals surface area contributed by atoms with Crippen LogP contribution in [0, 0.1) is 5.92 Å². The molecule has 0 aliphatic carbocycles. The van der Waals surface area contributed by atoms with Crippen molar-refractivity contribution in [1.82, 2.24) is 10.2 Å². The predicted molar refractivity (Wildman–Crippen MR) is 64.3 cm³/mol. The molecule has 0 unspecified atom stereocenters. The number of primary amides is 1. The Morgan fingerprint density at radius 1 is 1.50 bits per heavy atom. The Hall–Kier alpha value is -0.810. The van der Waals surface area contributed by atoms with E-state index in [4.69, 9.17) is 5.73 Å². The van der Waals surface area contributed by atoms with Gasteiger partial charge in [-0.2, -0.15) is 0 Å². The molecule has 0 spiro atoms. The molecule has 0 aromatic carbocycles. The number of carbonyl (C=O) groups excluding carboxylic acids is 2. The first-order valence-electron chi connectivity index (χ1n) is 5.31. The van der Waals surface area contributed by atoms with Crippen LogP contribution in [0.5, 0.6) is 0 Å². The topological polar surface area (TPSA) is 75.4 Å². The smallest absolute Gasteiger partial charge is 0.240 e. The quantitative estimate of drug-likeness (QED) is 0.705. The molecular formula is C10H20ClN3O2. The number of rotatable bonds is 5. The molecule has 0 saturated carbocycles. The maximum atomic E-state index is 11.9. The molecule has 0 radical (unpaired) electrons. The fraction of sp³-hybridized carbons (Fsp3) is 0.800. The Morgan fingerprint density at radius 2 is 2.06 bits per heavy atom. The van der Waals surface area contributed by atoms with Crippen molar-refractivity contribution < 1.29 is 9.59 Å².